The maximum atomic E-state index is 4.29. The maximum Gasteiger partial charge on any atom is 0.128 e. The summed E-state index contributed by atoms with van der Waals surface area (Å²) in [5.74, 6) is 1.63. The Bertz CT molecular complexity index is 284. The van der Waals surface area contributed by atoms with Gasteiger partial charge in [0.15, 0.2) is 0 Å². The van der Waals surface area contributed by atoms with E-state index in [9.17, 15) is 0 Å². The van der Waals surface area contributed by atoms with Crippen molar-refractivity contribution in [3.05, 3.63) is 22.3 Å². The Balaban J connectivity index is 2.67. The summed E-state index contributed by atoms with van der Waals surface area (Å²) >= 11 is 3.39. The number of aryl methyl sites for hydroxylation is 1. The van der Waals surface area contributed by atoms with Gasteiger partial charge in [-0.05, 0) is 40.4 Å². The van der Waals surface area contributed by atoms with Crippen molar-refractivity contribution >= 4 is 21.7 Å². The van der Waals surface area contributed by atoms with E-state index in [-0.39, 0.29) is 0 Å². The molecular formula is C10H15BrN2. The van der Waals surface area contributed by atoms with Crippen LogP contribution in [0.4, 0.5) is 5.82 Å². The van der Waals surface area contributed by atoms with E-state index in [0.717, 1.165) is 16.8 Å². The first-order valence-corrected chi connectivity index (χ1v) is 5.25. The molecular weight excluding hydrogens is 228 g/mol. The molecule has 3 heteroatoms. The molecule has 0 aliphatic rings. The third-order valence-electron chi connectivity index (χ3n) is 1.72. The second-order valence-corrected chi connectivity index (χ2v) is 4.51. The highest BCUT2D eigenvalue weighted by atomic mass is 79.9. The van der Waals surface area contributed by atoms with Crippen molar-refractivity contribution < 1.29 is 0 Å². The van der Waals surface area contributed by atoms with Gasteiger partial charge in [-0.15, -0.1) is 0 Å². The lowest BCUT2D eigenvalue weighted by atomic mass is 10.2. The Morgan fingerprint density at radius 1 is 1.54 bits per heavy atom. The molecule has 0 aromatic carbocycles. The van der Waals surface area contributed by atoms with Gasteiger partial charge in [0.1, 0.15) is 5.82 Å². The Labute approximate surface area is 87.9 Å². The first kappa shape index (κ1) is 10.5. The SMILES string of the molecule is Cc1cc(Br)cnc1NCC(C)C. The number of halogens is 1. The molecule has 0 fully saturated rings. The number of anilines is 1. The zero-order valence-corrected chi connectivity index (χ0v) is 9.85. The molecule has 1 N–H and O–H groups in total. The van der Waals surface area contributed by atoms with Crippen LogP contribution in [0.5, 0.6) is 0 Å². The second-order valence-electron chi connectivity index (χ2n) is 3.59. The van der Waals surface area contributed by atoms with E-state index in [1.165, 1.54) is 5.56 Å². The summed E-state index contributed by atoms with van der Waals surface area (Å²) in [6.07, 6.45) is 1.82. The standard InChI is InChI=1S/C10H15BrN2/c1-7(2)5-12-10-8(3)4-9(11)6-13-10/h4,6-7H,5H2,1-3H3,(H,12,13). The number of rotatable bonds is 3. The lowest BCUT2D eigenvalue weighted by molar-refractivity contribution is 0.686. The summed E-state index contributed by atoms with van der Waals surface area (Å²) < 4.78 is 1.03. The van der Waals surface area contributed by atoms with Crippen LogP contribution in [-0.2, 0) is 0 Å². The molecule has 1 rings (SSSR count). The molecule has 0 saturated carbocycles. The Kier molecular flexibility index (Phi) is 3.72. The topological polar surface area (TPSA) is 24.9 Å². The lowest BCUT2D eigenvalue weighted by Crippen LogP contribution is -2.10. The van der Waals surface area contributed by atoms with Crippen molar-refractivity contribution in [3.8, 4) is 0 Å². The van der Waals surface area contributed by atoms with Crippen molar-refractivity contribution in [1.29, 1.82) is 0 Å². The van der Waals surface area contributed by atoms with Crippen LogP contribution in [0.25, 0.3) is 0 Å². The highest BCUT2D eigenvalue weighted by Crippen LogP contribution is 2.16. The van der Waals surface area contributed by atoms with Gasteiger partial charge in [0, 0.05) is 17.2 Å². The van der Waals surface area contributed by atoms with Crippen molar-refractivity contribution in [2.75, 3.05) is 11.9 Å². The first-order chi connectivity index (χ1) is 6.09. The van der Waals surface area contributed by atoms with Crippen LogP contribution < -0.4 is 5.32 Å². The molecule has 0 spiro atoms. The monoisotopic (exact) mass is 242 g/mol. The third kappa shape index (κ3) is 3.35. The van der Waals surface area contributed by atoms with Gasteiger partial charge in [0.05, 0.1) is 0 Å². The first-order valence-electron chi connectivity index (χ1n) is 4.45. The second kappa shape index (κ2) is 4.61. The van der Waals surface area contributed by atoms with Crippen LogP contribution in [0.3, 0.4) is 0 Å². The van der Waals surface area contributed by atoms with Crippen molar-refractivity contribution in [2.24, 2.45) is 5.92 Å². The van der Waals surface area contributed by atoms with E-state index in [4.69, 9.17) is 0 Å². The molecule has 0 bridgehead atoms. The van der Waals surface area contributed by atoms with E-state index in [1.807, 2.05) is 6.20 Å². The average molecular weight is 243 g/mol. The average Bonchev–Trinajstić information content (AvgIpc) is 2.02. The predicted octanol–water partition coefficient (Wildman–Crippen LogP) is 3.22. The Morgan fingerprint density at radius 2 is 2.23 bits per heavy atom. The van der Waals surface area contributed by atoms with Crippen LogP contribution in [0, 0.1) is 12.8 Å². The zero-order valence-electron chi connectivity index (χ0n) is 8.26. The molecule has 0 aliphatic heterocycles. The van der Waals surface area contributed by atoms with Crippen LogP contribution >= 0.6 is 15.9 Å². The molecule has 0 amide bonds. The quantitative estimate of drug-likeness (QED) is 0.881. The van der Waals surface area contributed by atoms with E-state index in [1.54, 1.807) is 0 Å². The number of nitrogens with one attached hydrogen (secondary N) is 1. The molecule has 1 heterocycles. The number of aromatic nitrogens is 1. The van der Waals surface area contributed by atoms with Gasteiger partial charge in [0.25, 0.3) is 0 Å². The molecule has 2 nitrogen and oxygen atoms in total. The molecule has 13 heavy (non-hydrogen) atoms. The smallest absolute Gasteiger partial charge is 0.128 e. The number of pyridine rings is 1. The zero-order chi connectivity index (χ0) is 9.84. The summed E-state index contributed by atoms with van der Waals surface area (Å²) in [7, 11) is 0. The Morgan fingerprint density at radius 3 is 2.77 bits per heavy atom. The van der Waals surface area contributed by atoms with Crippen LogP contribution in [0.1, 0.15) is 19.4 Å². The summed E-state index contributed by atoms with van der Waals surface area (Å²) in [4.78, 5) is 4.29. The van der Waals surface area contributed by atoms with Crippen molar-refractivity contribution in [2.45, 2.75) is 20.8 Å². The normalized spacial score (nSPS) is 10.5. The third-order valence-corrected chi connectivity index (χ3v) is 2.16. The van der Waals surface area contributed by atoms with E-state index in [2.05, 4.69) is 53.1 Å². The highest BCUT2D eigenvalue weighted by molar-refractivity contribution is 9.10. The van der Waals surface area contributed by atoms with Gasteiger partial charge in [-0.1, -0.05) is 13.8 Å². The molecule has 0 unspecified atom stereocenters. The van der Waals surface area contributed by atoms with Crippen LogP contribution in [0.15, 0.2) is 16.7 Å². The number of nitrogens with zero attached hydrogens (tertiary/aromatic N) is 1. The maximum absolute atomic E-state index is 4.29. The summed E-state index contributed by atoms with van der Waals surface area (Å²) in [6.45, 7) is 7.39. The van der Waals surface area contributed by atoms with Crippen LogP contribution in [-0.4, -0.2) is 11.5 Å². The minimum atomic E-state index is 0.643. The van der Waals surface area contributed by atoms with E-state index in [0.29, 0.717) is 5.92 Å². The molecule has 72 valence electrons. The fourth-order valence-corrected chi connectivity index (χ4v) is 1.47. The minimum Gasteiger partial charge on any atom is -0.370 e. The molecule has 1 aromatic rings. The number of hydrogen-bond acceptors (Lipinski definition) is 2. The molecule has 0 radical (unpaired) electrons. The van der Waals surface area contributed by atoms with Gasteiger partial charge < -0.3 is 5.32 Å². The van der Waals surface area contributed by atoms with Gasteiger partial charge in [-0.2, -0.15) is 0 Å². The number of hydrogen-bond donors (Lipinski definition) is 1. The molecule has 0 aliphatic carbocycles. The summed E-state index contributed by atoms with van der Waals surface area (Å²) in [5, 5.41) is 3.31. The molecule has 0 saturated heterocycles. The highest BCUT2D eigenvalue weighted by Gasteiger charge is 2.00. The molecule has 1 aromatic heterocycles. The van der Waals surface area contributed by atoms with E-state index >= 15 is 0 Å². The fraction of sp³-hybridized carbons (Fsp3) is 0.500. The summed E-state index contributed by atoms with van der Waals surface area (Å²) in [6, 6.07) is 2.07. The van der Waals surface area contributed by atoms with Crippen molar-refractivity contribution in [3.63, 3.8) is 0 Å². The lowest BCUT2D eigenvalue weighted by Gasteiger charge is -2.10. The van der Waals surface area contributed by atoms with E-state index < -0.39 is 0 Å². The van der Waals surface area contributed by atoms with Crippen LogP contribution in [0.2, 0.25) is 0 Å². The van der Waals surface area contributed by atoms with Crippen molar-refractivity contribution in [1.82, 2.24) is 4.98 Å². The minimum absolute atomic E-state index is 0.643. The largest absolute Gasteiger partial charge is 0.370 e. The summed E-state index contributed by atoms with van der Waals surface area (Å²) in [5.41, 5.74) is 1.18. The predicted molar refractivity (Wildman–Crippen MR) is 60.0 cm³/mol. The van der Waals surface area contributed by atoms with Gasteiger partial charge in [-0.25, -0.2) is 4.98 Å². The van der Waals surface area contributed by atoms with Gasteiger partial charge in [-0.3, -0.25) is 0 Å². The Hall–Kier alpha value is -0.570. The fourth-order valence-electron chi connectivity index (χ4n) is 1.03. The molecule has 0 atom stereocenters. The van der Waals surface area contributed by atoms with Gasteiger partial charge >= 0.3 is 0 Å². The van der Waals surface area contributed by atoms with Gasteiger partial charge in [0.2, 0.25) is 0 Å².